The first-order valence-electron chi connectivity index (χ1n) is 10.5. The first-order valence-corrected chi connectivity index (χ1v) is 11.8. The van der Waals surface area contributed by atoms with E-state index >= 15 is 0 Å². The number of rotatable bonds is 6. The van der Waals surface area contributed by atoms with Crippen molar-refractivity contribution in [3.05, 3.63) is 121 Å². The van der Waals surface area contributed by atoms with E-state index in [9.17, 15) is 9.18 Å². The molecule has 0 heterocycles. The number of hydrogen-bond donors (Lipinski definition) is 0. The van der Waals surface area contributed by atoms with Gasteiger partial charge in [0.25, 0.3) is 0 Å². The third-order valence-electron chi connectivity index (χ3n) is 5.10. The molecule has 33 heavy (non-hydrogen) atoms. The molecule has 4 rings (SSSR count). The van der Waals surface area contributed by atoms with Crippen LogP contribution in [0, 0.1) is 5.82 Å². The summed E-state index contributed by atoms with van der Waals surface area (Å²) in [4.78, 5) is 15.9. The van der Waals surface area contributed by atoms with E-state index in [4.69, 9.17) is 9.47 Å². The Bertz CT molecular complexity index is 1150. The highest BCUT2D eigenvalue weighted by Crippen LogP contribution is 2.32. The average molecular weight is 460 g/mol. The molecular formula is C28H24FO3S+. The molecule has 0 saturated heterocycles. The maximum absolute atomic E-state index is 13.2. The van der Waals surface area contributed by atoms with Crippen LogP contribution >= 0.6 is 0 Å². The van der Waals surface area contributed by atoms with Crippen molar-refractivity contribution < 1.29 is 18.7 Å². The van der Waals surface area contributed by atoms with Crippen molar-refractivity contribution in [2.24, 2.45) is 0 Å². The maximum Gasteiger partial charge on any atom is 0.514 e. The second kappa shape index (κ2) is 9.92. The first-order chi connectivity index (χ1) is 15.9. The number of hydrogen-bond acceptors (Lipinski definition) is 3. The standard InChI is InChI=1S/C28H24FO3S/c1-28(2,21-13-15-22(29)16-14-21)32-27(30)31-23-17-19-26(20-18-23)33(24-9-5-3-6-10-24)25-11-7-4-8-12-25/h3-20H,1-2H3/q+1. The maximum atomic E-state index is 13.2. The predicted octanol–water partition coefficient (Wildman–Crippen LogP) is 7.37. The summed E-state index contributed by atoms with van der Waals surface area (Å²) in [6.07, 6.45) is -0.817. The molecule has 0 N–H and O–H groups in total. The molecule has 3 nitrogen and oxygen atoms in total. The molecule has 0 spiro atoms. The normalized spacial score (nSPS) is 11.3. The van der Waals surface area contributed by atoms with Gasteiger partial charge in [0.1, 0.15) is 17.2 Å². The van der Waals surface area contributed by atoms with Crippen LogP contribution in [0.5, 0.6) is 5.75 Å². The number of carbonyl (C=O) groups is 1. The minimum Gasteiger partial charge on any atom is -0.423 e. The number of ether oxygens (including phenoxy) is 2. The van der Waals surface area contributed by atoms with Gasteiger partial charge in [0.15, 0.2) is 14.7 Å². The van der Waals surface area contributed by atoms with Crippen molar-refractivity contribution in [2.75, 3.05) is 0 Å². The Kier molecular flexibility index (Phi) is 6.80. The van der Waals surface area contributed by atoms with Gasteiger partial charge in [-0.2, -0.15) is 0 Å². The van der Waals surface area contributed by atoms with Crippen LogP contribution in [0.25, 0.3) is 0 Å². The third-order valence-corrected chi connectivity index (χ3v) is 7.33. The Labute approximate surface area is 196 Å². The topological polar surface area (TPSA) is 35.5 Å². The van der Waals surface area contributed by atoms with E-state index < -0.39 is 11.8 Å². The molecule has 166 valence electrons. The van der Waals surface area contributed by atoms with Gasteiger partial charge in [0.05, 0.1) is 10.9 Å². The molecule has 5 heteroatoms. The lowest BCUT2D eigenvalue weighted by Gasteiger charge is -2.24. The highest BCUT2D eigenvalue weighted by molar-refractivity contribution is 7.97. The van der Waals surface area contributed by atoms with Crippen LogP contribution in [0.4, 0.5) is 9.18 Å². The van der Waals surface area contributed by atoms with Crippen LogP contribution in [0.3, 0.4) is 0 Å². The zero-order valence-electron chi connectivity index (χ0n) is 18.4. The lowest BCUT2D eigenvalue weighted by Crippen LogP contribution is -2.27. The summed E-state index contributed by atoms with van der Waals surface area (Å²) in [7, 11) is -0.281. The average Bonchev–Trinajstić information content (AvgIpc) is 2.82. The van der Waals surface area contributed by atoms with E-state index in [0.29, 0.717) is 11.3 Å². The highest BCUT2D eigenvalue weighted by atomic mass is 32.2. The molecule has 4 aromatic carbocycles. The van der Waals surface area contributed by atoms with Gasteiger partial charge in [-0.15, -0.1) is 0 Å². The summed E-state index contributed by atoms with van der Waals surface area (Å²) in [5.41, 5.74) is -0.288. The van der Waals surface area contributed by atoms with Crippen LogP contribution in [-0.2, 0) is 21.2 Å². The van der Waals surface area contributed by atoms with Gasteiger partial charge in [-0.3, -0.25) is 0 Å². The van der Waals surface area contributed by atoms with E-state index in [1.807, 2.05) is 48.5 Å². The minimum absolute atomic E-state index is 0.281. The molecule has 0 aliphatic carbocycles. The van der Waals surface area contributed by atoms with Crippen LogP contribution < -0.4 is 4.74 Å². The van der Waals surface area contributed by atoms with E-state index in [2.05, 4.69) is 24.3 Å². The van der Waals surface area contributed by atoms with Crippen molar-refractivity contribution >= 4 is 17.1 Å². The molecular weight excluding hydrogens is 435 g/mol. The zero-order valence-corrected chi connectivity index (χ0v) is 19.2. The van der Waals surface area contributed by atoms with Gasteiger partial charge >= 0.3 is 6.16 Å². The molecule has 0 atom stereocenters. The van der Waals surface area contributed by atoms with Gasteiger partial charge < -0.3 is 9.47 Å². The van der Waals surface area contributed by atoms with Gasteiger partial charge in [-0.25, -0.2) is 9.18 Å². The summed E-state index contributed by atoms with van der Waals surface area (Å²) in [5, 5.41) is 0. The fourth-order valence-corrected chi connectivity index (χ4v) is 5.48. The molecule has 0 aliphatic rings. The van der Waals surface area contributed by atoms with Crippen LogP contribution in [-0.4, -0.2) is 6.16 Å². The number of halogens is 1. The van der Waals surface area contributed by atoms with E-state index in [1.54, 1.807) is 38.1 Å². The van der Waals surface area contributed by atoms with Crippen molar-refractivity contribution in [3.63, 3.8) is 0 Å². The molecule has 0 amide bonds. The monoisotopic (exact) mass is 459 g/mol. The summed E-state index contributed by atoms with van der Waals surface area (Å²) in [6.45, 7) is 3.46. The molecule has 0 radical (unpaired) electrons. The van der Waals surface area contributed by atoms with Crippen molar-refractivity contribution in [1.82, 2.24) is 0 Å². The largest absolute Gasteiger partial charge is 0.514 e. The van der Waals surface area contributed by atoms with Gasteiger partial charge in [-0.05, 0) is 80.1 Å². The third kappa shape index (κ3) is 5.62. The Balaban J connectivity index is 1.50. The van der Waals surface area contributed by atoms with Gasteiger partial charge in [0.2, 0.25) is 0 Å². The van der Waals surface area contributed by atoms with Crippen molar-refractivity contribution in [2.45, 2.75) is 34.1 Å². The van der Waals surface area contributed by atoms with Crippen molar-refractivity contribution in [1.29, 1.82) is 0 Å². The molecule has 0 aromatic heterocycles. The predicted molar refractivity (Wildman–Crippen MR) is 128 cm³/mol. The fourth-order valence-electron chi connectivity index (χ4n) is 3.40. The Morgan fingerprint density at radius 2 is 1.18 bits per heavy atom. The zero-order chi connectivity index (χ0) is 23.3. The summed E-state index contributed by atoms with van der Waals surface area (Å²) < 4.78 is 24.1. The molecule has 0 fully saturated rings. The minimum atomic E-state index is -0.960. The second-order valence-electron chi connectivity index (χ2n) is 7.88. The lowest BCUT2D eigenvalue weighted by molar-refractivity contribution is 0.00633. The van der Waals surface area contributed by atoms with E-state index in [1.165, 1.54) is 21.9 Å². The highest BCUT2D eigenvalue weighted by Gasteiger charge is 2.29. The van der Waals surface area contributed by atoms with Crippen LogP contribution in [0.15, 0.2) is 124 Å². The molecule has 0 aliphatic heterocycles. The first kappa shape index (κ1) is 22.6. The smallest absolute Gasteiger partial charge is 0.423 e. The number of benzene rings is 4. The second-order valence-corrected chi connectivity index (χ2v) is 9.90. The molecule has 4 aromatic rings. The molecule has 0 saturated carbocycles. The quantitative estimate of drug-likeness (QED) is 0.172. The fraction of sp³-hybridized carbons (Fsp3) is 0.107. The Morgan fingerprint density at radius 3 is 1.70 bits per heavy atom. The molecule has 0 unspecified atom stereocenters. The summed E-state index contributed by atoms with van der Waals surface area (Å²) in [5.74, 6) is 0.0468. The Hall–Kier alpha value is -3.57. The van der Waals surface area contributed by atoms with Crippen LogP contribution in [0.1, 0.15) is 19.4 Å². The van der Waals surface area contributed by atoms with E-state index in [0.717, 1.165) is 4.90 Å². The Morgan fingerprint density at radius 1 is 0.697 bits per heavy atom. The number of carbonyl (C=O) groups excluding carboxylic acids is 1. The van der Waals surface area contributed by atoms with Crippen LogP contribution in [0.2, 0.25) is 0 Å². The van der Waals surface area contributed by atoms with Crippen molar-refractivity contribution in [3.8, 4) is 5.75 Å². The van der Waals surface area contributed by atoms with E-state index in [-0.39, 0.29) is 16.7 Å². The summed E-state index contributed by atoms with van der Waals surface area (Å²) in [6, 6.07) is 34.0. The SMILES string of the molecule is CC(C)(OC(=O)Oc1ccc([S+](c2ccccc2)c2ccccc2)cc1)c1ccc(F)cc1. The van der Waals surface area contributed by atoms with Gasteiger partial charge in [-0.1, -0.05) is 48.5 Å². The summed E-state index contributed by atoms with van der Waals surface area (Å²) >= 11 is 0. The molecule has 0 bridgehead atoms. The van der Waals surface area contributed by atoms with Gasteiger partial charge in [0, 0.05) is 0 Å². The lowest BCUT2D eigenvalue weighted by atomic mass is 9.98.